The van der Waals surface area contributed by atoms with E-state index in [0.717, 1.165) is 0 Å². The lowest BCUT2D eigenvalue weighted by Gasteiger charge is -2.07. The number of hydrogen-bond donors (Lipinski definition) is 3. The zero-order chi connectivity index (χ0) is 11.0. The molecular weight excluding hydrogens is 194 g/mol. The molecule has 0 saturated heterocycles. The molecule has 0 atom stereocenters. The van der Waals surface area contributed by atoms with Gasteiger partial charge in [0.1, 0.15) is 11.3 Å². The fourth-order valence-corrected chi connectivity index (χ4v) is 1.55. The summed E-state index contributed by atoms with van der Waals surface area (Å²) in [7, 11) is 0. The van der Waals surface area contributed by atoms with Crippen molar-refractivity contribution in [3.63, 3.8) is 0 Å². The highest BCUT2D eigenvalue weighted by Gasteiger charge is 2.14. The molecule has 2 rings (SSSR count). The van der Waals surface area contributed by atoms with Gasteiger partial charge in [-0.05, 0) is 6.07 Å². The number of phenols is 1. The molecule has 0 saturated carbocycles. The molecule has 0 radical (unpaired) electrons. The van der Waals surface area contributed by atoms with E-state index in [1.165, 1.54) is 6.07 Å². The minimum atomic E-state index is -1.19. The van der Waals surface area contributed by atoms with E-state index >= 15 is 0 Å². The molecule has 0 aromatic heterocycles. The summed E-state index contributed by atoms with van der Waals surface area (Å²) in [6, 6.07) is 8.12. The summed E-state index contributed by atoms with van der Waals surface area (Å²) >= 11 is 0. The predicted molar refractivity (Wildman–Crippen MR) is 57.0 cm³/mol. The Balaban J connectivity index is 2.90. The lowest BCUT2D eigenvalue weighted by Crippen LogP contribution is -1.99. The fourth-order valence-electron chi connectivity index (χ4n) is 1.55. The molecule has 4 nitrogen and oxygen atoms in total. The summed E-state index contributed by atoms with van der Waals surface area (Å²) < 4.78 is 0. The van der Waals surface area contributed by atoms with E-state index in [9.17, 15) is 9.90 Å². The SMILES string of the molecule is Nc1cc(C(=O)O)c(O)c2ccccc12. The van der Waals surface area contributed by atoms with Crippen molar-refractivity contribution in [2.24, 2.45) is 0 Å². The lowest BCUT2D eigenvalue weighted by molar-refractivity contribution is 0.0694. The van der Waals surface area contributed by atoms with Gasteiger partial charge in [0.15, 0.2) is 0 Å². The quantitative estimate of drug-likeness (QED) is 0.487. The normalized spacial score (nSPS) is 10.4. The zero-order valence-corrected chi connectivity index (χ0v) is 7.77. The van der Waals surface area contributed by atoms with Gasteiger partial charge in [0.05, 0.1) is 0 Å². The minimum Gasteiger partial charge on any atom is -0.506 e. The largest absolute Gasteiger partial charge is 0.506 e. The van der Waals surface area contributed by atoms with Crippen molar-refractivity contribution in [3.05, 3.63) is 35.9 Å². The Hall–Kier alpha value is -2.23. The first-order valence-corrected chi connectivity index (χ1v) is 4.34. The number of fused-ring (bicyclic) bond motifs is 1. The Morgan fingerprint density at radius 3 is 2.40 bits per heavy atom. The number of rotatable bonds is 1. The molecule has 0 fully saturated rings. The van der Waals surface area contributed by atoms with Crippen LogP contribution in [0.5, 0.6) is 5.75 Å². The van der Waals surface area contributed by atoms with Crippen LogP contribution in [0.3, 0.4) is 0 Å². The number of aromatic carboxylic acids is 1. The Kier molecular flexibility index (Phi) is 1.97. The number of nitrogen functional groups attached to an aromatic ring is 1. The second-order valence-corrected chi connectivity index (χ2v) is 3.21. The highest BCUT2D eigenvalue weighted by Crippen LogP contribution is 2.32. The third-order valence-electron chi connectivity index (χ3n) is 2.28. The number of anilines is 1. The van der Waals surface area contributed by atoms with Crippen molar-refractivity contribution < 1.29 is 15.0 Å². The predicted octanol–water partition coefficient (Wildman–Crippen LogP) is 1.83. The van der Waals surface area contributed by atoms with Gasteiger partial charge in [-0.25, -0.2) is 4.79 Å². The fraction of sp³-hybridized carbons (Fsp3) is 0. The van der Waals surface area contributed by atoms with Crippen LogP contribution in [-0.2, 0) is 0 Å². The molecule has 0 amide bonds. The first kappa shape index (κ1) is 9.33. The molecule has 0 aliphatic heterocycles. The molecule has 0 aliphatic carbocycles. The van der Waals surface area contributed by atoms with Gasteiger partial charge in [0.2, 0.25) is 0 Å². The zero-order valence-electron chi connectivity index (χ0n) is 7.77. The summed E-state index contributed by atoms with van der Waals surface area (Å²) in [5.74, 6) is -1.43. The molecule has 0 aliphatic rings. The molecule has 2 aromatic carbocycles. The second kappa shape index (κ2) is 3.16. The Bertz CT molecular complexity index is 549. The molecule has 0 spiro atoms. The van der Waals surface area contributed by atoms with Gasteiger partial charge >= 0.3 is 5.97 Å². The molecule has 4 N–H and O–H groups in total. The number of carboxylic acid groups (broad SMARTS) is 1. The first-order valence-electron chi connectivity index (χ1n) is 4.34. The van der Waals surface area contributed by atoms with Crippen LogP contribution in [0.2, 0.25) is 0 Å². The van der Waals surface area contributed by atoms with E-state index in [4.69, 9.17) is 10.8 Å². The highest BCUT2D eigenvalue weighted by molar-refractivity contribution is 6.05. The Morgan fingerprint density at radius 1 is 1.20 bits per heavy atom. The molecule has 4 heteroatoms. The van der Waals surface area contributed by atoms with Crippen LogP contribution in [-0.4, -0.2) is 16.2 Å². The highest BCUT2D eigenvalue weighted by atomic mass is 16.4. The van der Waals surface area contributed by atoms with Crippen molar-refractivity contribution in [1.82, 2.24) is 0 Å². The number of benzene rings is 2. The summed E-state index contributed by atoms with van der Waals surface area (Å²) in [5.41, 5.74) is 5.86. The van der Waals surface area contributed by atoms with Gasteiger partial charge in [0, 0.05) is 16.5 Å². The number of aromatic hydroxyl groups is 1. The van der Waals surface area contributed by atoms with E-state index in [0.29, 0.717) is 16.5 Å². The standard InChI is InChI=1S/C11H9NO3/c12-9-5-8(11(14)15)10(13)7-4-2-1-3-6(7)9/h1-5,13H,12H2,(H,14,15). The van der Waals surface area contributed by atoms with Crippen molar-refractivity contribution >= 4 is 22.4 Å². The van der Waals surface area contributed by atoms with Gasteiger partial charge in [-0.2, -0.15) is 0 Å². The molecular formula is C11H9NO3. The van der Waals surface area contributed by atoms with Crippen LogP contribution in [0, 0.1) is 0 Å². The topological polar surface area (TPSA) is 83.6 Å². The Labute approximate surface area is 85.6 Å². The molecule has 0 heterocycles. The number of hydrogen-bond acceptors (Lipinski definition) is 3. The van der Waals surface area contributed by atoms with Crippen LogP contribution in [0.1, 0.15) is 10.4 Å². The summed E-state index contributed by atoms with van der Waals surface area (Å²) in [4.78, 5) is 10.8. The molecule has 0 unspecified atom stereocenters. The first-order chi connectivity index (χ1) is 7.11. The molecule has 0 bridgehead atoms. The number of carboxylic acids is 1. The van der Waals surface area contributed by atoms with E-state index in [-0.39, 0.29) is 11.3 Å². The van der Waals surface area contributed by atoms with E-state index < -0.39 is 5.97 Å². The van der Waals surface area contributed by atoms with Crippen molar-refractivity contribution in [1.29, 1.82) is 0 Å². The third kappa shape index (κ3) is 1.36. The van der Waals surface area contributed by atoms with Gasteiger partial charge < -0.3 is 15.9 Å². The Morgan fingerprint density at radius 2 is 1.80 bits per heavy atom. The maximum atomic E-state index is 10.8. The van der Waals surface area contributed by atoms with E-state index in [2.05, 4.69) is 0 Å². The molecule has 2 aromatic rings. The average molecular weight is 203 g/mol. The summed E-state index contributed by atoms with van der Waals surface area (Å²) in [6.07, 6.45) is 0. The van der Waals surface area contributed by atoms with Crippen LogP contribution in [0.4, 0.5) is 5.69 Å². The smallest absolute Gasteiger partial charge is 0.339 e. The summed E-state index contributed by atoms with van der Waals surface area (Å²) in [5, 5.41) is 19.6. The maximum Gasteiger partial charge on any atom is 0.339 e. The third-order valence-corrected chi connectivity index (χ3v) is 2.28. The van der Waals surface area contributed by atoms with Gasteiger partial charge in [0.25, 0.3) is 0 Å². The van der Waals surface area contributed by atoms with E-state index in [1.807, 2.05) is 0 Å². The van der Waals surface area contributed by atoms with Crippen molar-refractivity contribution in [2.45, 2.75) is 0 Å². The molecule has 15 heavy (non-hydrogen) atoms. The van der Waals surface area contributed by atoms with Gasteiger partial charge in [-0.1, -0.05) is 24.3 Å². The second-order valence-electron chi connectivity index (χ2n) is 3.21. The van der Waals surface area contributed by atoms with Crippen LogP contribution >= 0.6 is 0 Å². The van der Waals surface area contributed by atoms with Gasteiger partial charge in [-0.3, -0.25) is 0 Å². The van der Waals surface area contributed by atoms with E-state index in [1.54, 1.807) is 24.3 Å². The average Bonchev–Trinajstić information content (AvgIpc) is 2.23. The monoisotopic (exact) mass is 203 g/mol. The minimum absolute atomic E-state index is 0.175. The number of carbonyl (C=O) groups is 1. The number of nitrogens with two attached hydrogens (primary N) is 1. The van der Waals surface area contributed by atoms with Crippen LogP contribution in [0.15, 0.2) is 30.3 Å². The van der Waals surface area contributed by atoms with Crippen molar-refractivity contribution in [2.75, 3.05) is 5.73 Å². The maximum absolute atomic E-state index is 10.8. The van der Waals surface area contributed by atoms with Crippen molar-refractivity contribution in [3.8, 4) is 5.75 Å². The molecule has 76 valence electrons. The lowest BCUT2D eigenvalue weighted by atomic mass is 10.0. The van der Waals surface area contributed by atoms with Gasteiger partial charge in [-0.15, -0.1) is 0 Å². The van der Waals surface area contributed by atoms with Crippen LogP contribution < -0.4 is 5.73 Å². The summed E-state index contributed by atoms with van der Waals surface area (Å²) in [6.45, 7) is 0. The van der Waals surface area contributed by atoms with Crippen LogP contribution in [0.25, 0.3) is 10.8 Å².